The van der Waals surface area contributed by atoms with Crippen LogP contribution in [-0.2, 0) is 11.8 Å². The Kier molecular flexibility index (Phi) is 5.86. The van der Waals surface area contributed by atoms with E-state index in [0.29, 0.717) is 5.92 Å². The average molecular weight is 486 g/mol. The zero-order valence-electron chi connectivity index (χ0n) is 20.8. The molecule has 0 amide bonds. The van der Waals surface area contributed by atoms with Gasteiger partial charge in [0.25, 0.3) is 0 Å². The summed E-state index contributed by atoms with van der Waals surface area (Å²) in [5, 5.41) is 5.62. The fraction of sp³-hybridized carbons (Fsp3) is 0.300. The molecule has 0 aliphatic carbocycles. The van der Waals surface area contributed by atoms with Crippen LogP contribution in [-0.4, -0.2) is 4.98 Å². The number of rotatable bonds is 5. The van der Waals surface area contributed by atoms with Gasteiger partial charge in [-0.2, -0.15) is 0 Å². The molecule has 0 fully saturated rings. The van der Waals surface area contributed by atoms with E-state index in [-0.39, 0.29) is 5.41 Å². The molecule has 2 nitrogen and oxygen atoms in total. The molecule has 0 radical (unpaired) electrons. The molecule has 34 heavy (non-hydrogen) atoms. The van der Waals surface area contributed by atoms with Gasteiger partial charge in [-0.15, -0.1) is 11.3 Å². The molecule has 2 aromatic carbocycles. The molecule has 0 atom stereocenters. The molecule has 0 aliphatic rings. The van der Waals surface area contributed by atoms with Crippen LogP contribution in [0.25, 0.3) is 42.4 Å². The number of nitrogens with zero attached hydrogens (tertiary/aromatic N) is 1. The second-order valence-electron chi connectivity index (χ2n) is 10.5. The monoisotopic (exact) mass is 485 g/mol. The second-order valence-corrected chi connectivity index (χ2v) is 12.6. The summed E-state index contributed by atoms with van der Waals surface area (Å²) >= 11 is 3.50. The Labute approximate surface area is 210 Å². The smallest absolute Gasteiger partial charge is 0.136 e. The Hall–Kier alpha value is -2.56. The lowest BCUT2D eigenvalue weighted by atomic mass is 9.85. The topological polar surface area (TPSA) is 26.0 Å². The van der Waals surface area contributed by atoms with Gasteiger partial charge in [0.2, 0.25) is 0 Å². The van der Waals surface area contributed by atoms with E-state index in [2.05, 4.69) is 84.5 Å². The molecule has 0 N–H and O–H groups in total. The third kappa shape index (κ3) is 3.97. The van der Waals surface area contributed by atoms with Crippen LogP contribution >= 0.6 is 23.1 Å². The van der Waals surface area contributed by atoms with Crippen LogP contribution in [0.4, 0.5) is 0 Å². The lowest BCUT2D eigenvalue weighted by Gasteiger charge is -2.23. The lowest BCUT2D eigenvalue weighted by molar-refractivity contribution is 0.496. The summed E-state index contributed by atoms with van der Waals surface area (Å²) in [5.41, 5.74) is 5.80. The molecule has 174 valence electrons. The van der Waals surface area contributed by atoms with E-state index in [0.717, 1.165) is 29.0 Å². The van der Waals surface area contributed by atoms with Crippen molar-refractivity contribution in [2.24, 2.45) is 5.92 Å². The van der Waals surface area contributed by atoms with Gasteiger partial charge in [0.05, 0.1) is 5.69 Å². The van der Waals surface area contributed by atoms with Gasteiger partial charge < -0.3 is 4.42 Å². The van der Waals surface area contributed by atoms with Crippen molar-refractivity contribution in [2.45, 2.75) is 58.3 Å². The van der Waals surface area contributed by atoms with Crippen LogP contribution in [0.2, 0.25) is 0 Å². The fourth-order valence-corrected chi connectivity index (χ4v) is 6.66. The molecule has 0 unspecified atom stereocenters. The molecule has 0 bridgehead atoms. The van der Waals surface area contributed by atoms with E-state index in [4.69, 9.17) is 9.40 Å². The Morgan fingerprint density at radius 2 is 1.88 bits per heavy atom. The van der Waals surface area contributed by atoms with Gasteiger partial charge in [-0.1, -0.05) is 59.0 Å². The normalized spacial score (nSPS) is 12.4. The number of thioether (sulfide) groups is 1. The van der Waals surface area contributed by atoms with Gasteiger partial charge in [-0.3, -0.25) is 4.98 Å². The maximum absolute atomic E-state index is 6.30. The molecule has 0 saturated carbocycles. The maximum Gasteiger partial charge on any atom is 0.136 e. The molecule has 4 heteroatoms. The van der Waals surface area contributed by atoms with Gasteiger partial charge >= 0.3 is 0 Å². The number of aryl methyl sites for hydroxylation is 1. The largest absolute Gasteiger partial charge is 0.461 e. The van der Waals surface area contributed by atoms with Crippen molar-refractivity contribution in [1.82, 2.24) is 4.98 Å². The lowest BCUT2D eigenvalue weighted by Crippen LogP contribution is -2.12. The average Bonchev–Trinajstić information content (AvgIpc) is 3.28. The third-order valence-electron chi connectivity index (χ3n) is 6.40. The van der Waals surface area contributed by atoms with Gasteiger partial charge in [0.15, 0.2) is 0 Å². The van der Waals surface area contributed by atoms with E-state index >= 15 is 0 Å². The van der Waals surface area contributed by atoms with Crippen molar-refractivity contribution in [2.75, 3.05) is 0 Å². The van der Waals surface area contributed by atoms with Gasteiger partial charge in [-0.25, -0.2) is 0 Å². The van der Waals surface area contributed by atoms with Crippen LogP contribution in [0.3, 0.4) is 0 Å². The summed E-state index contributed by atoms with van der Waals surface area (Å²) in [6.45, 7) is 17.4. The Morgan fingerprint density at radius 3 is 2.59 bits per heavy atom. The Morgan fingerprint density at radius 1 is 1.09 bits per heavy atom. The molecule has 0 saturated heterocycles. The summed E-state index contributed by atoms with van der Waals surface area (Å²) in [6.07, 6.45) is 2.90. The van der Waals surface area contributed by atoms with Gasteiger partial charge in [0.1, 0.15) is 11.3 Å². The minimum Gasteiger partial charge on any atom is -0.461 e. The van der Waals surface area contributed by atoms with E-state index in [1.807, 2.05) is 22.9 Å². The van der Waals surface area contributed by atoms with Crippen molar-refractivity contribution in [3.8, 4) is 11.3 Å². The summed E-state index contributed by atoms with van der Waals surface area (Å²) in [7, 11) is 0. The zero-order valence-corrected chi connectivity index (χ0v) is 22.4. The van der Waals surface area contributed by atoms with Crippen LogP contribution in [0, 0.1) is 12.8 Å². The number of furan rings is 1. The Balaban J connectivity index is 1.76. The van der Waals surface area contributed by atoms with E-state index in [1.54, 1.807) is 11.8 Å². The highest BCUT2D eigenvalue weighted by molar-refractivity contribution is 8.02. The number of pyridine rings is 1. The molecule has 3 aromatic heterocycles. The quantitative estimate of drug-likeness (QED) is 0.232. The molecule has 3 heterocycles. The van der Waals surface area contributed by atoms with Crippen LogP contribution in [0.5, 0.6) is 0 Å². The van der Waals surface area contributed by atoms with Crippen molar-refractivity contribution in [3.05, 3.63) is 71.5 Å². The first-order valence-electron chi connectivity index (χ1n) is 11.8. The van der Waals surface area contributed by atoms with E-state index in [9.17, 15) is 0 Å². The zero-order chi connectivity index (χ0) is 24.2. The fourth-order valence-electron chi connectivity index (χ4n) is 4.73. The first-order chi connectivity index (χ1) is 16.2. The number of hydrogen-bond acceptors (Lipinski definition) is 4. The SMILES string of the molecule is C=CSc1ccc(-c2nccc3sc4cc5oc(CC(C)C)c(C)c5cc4c23)cc1C(C)(C)C. The Bertz CT molecular complexity index is 1550. The number of aromatic nitrogens is 1. The standard InChI is InChI=1S/C30H31NOS2/c1-8-33-25-10-9-19(14-22(25)30(5,6)7)29-28-21-15-20-18(4)23(13-17(2)3)32-24(20)16-27(21)34-26(28)11-12-31-29/h8-12,14-17H,1,13H2,2-7H3. The van der Waals surface area contributed by atoms with E-state index in [1.165, 1.54) is 41.6 Å². The molecular formula is C30H31NOS2. The highest BCUT2D eigenvalue weighted by Crippen LogP contribution is 2.43. The predicted molar refractivity (Wildman–Crippen MR) is 150 cm³/mol. The maximum atomic E-state index is 6.30. The molecule has 0 aliphatic heterocycles. The number of thiophene rings is 1. The minimum atomic E-state index is 0.0266. The molecule has 0 spiro atoms. The molecular weight excluding hydrogens is 454 g/mol. The van der Waals surface area contributed by atoms with Gasteiger partial charge in [0, 0.05) is 48.6 Å². The van der Waals surface area contributed by atoms with Gasteiger partial charge in [-0.05, 0) is 65.1 Å². The minimum absolute atomic E-state index is 0.0266. The number of fused-ring (bicyclic) bond motifs is 4. The summed E-state index contributed by atoms with van der Waals surface area (Å²) in [6, 6.07) is 13.4. The highest BCUT2D eigenvalue weighted by atomic mass is 32.2. The number of hydrogen-bond donors (Lipinski definition) is 0. The first kappa shape index (κ1) is 23.2. The van der Waals surface area contributed by atoms with Crippen LogP contribution in [0.15, 0.2) is 63.9 Å². The summed E-state index contributed by atoms with van der Waals surface area (Å²) in [4.78, 5) is 6.15. The van der Waals surface area contributed by atoms with Crippen molar-refractivity contribution >= 4 is 54.2 Å². The highest BCUT2D eigenvalue weighted by Gasteiger charge is 2.21. The second kappa shape index (κ2) is 8.58. The summed E-state index contributed by atoms with van der Waals surface area (Å²) < 4.78 is 8.80. The molecule has 5 aromatic rings. The third-order valence-corrected chi connectivity index (χ3v) is 8.30. The van der Waals surface area contributed by atoms with Crippen LogP contribution < -0.4 is 0 Å². The number of benzene rings is 2. The van der Waals surface area contributed by atoms with E-state index < -0.39 is 0 Å². The van der Waals surface area contributed by atoms with Crippen molar-refractivity contribution < 1.29 is 4.42 Å². The first-order valence-corrected chi connectivity index (χ1v) is 13.5. The predicted octanol–water partition coefficient (Wildman–Crippen LogP) is 9.90. The van der Waals surface area contributed by atoms with Crippen molar-refractivity contribution in [1.29, 1.82) is 0 Å². The van der Waals surface area contributed by atoms with Crippen molar-refractivity contribution in [3.63, 3.8) is 0 Å². The van der Waals surface area contributed by atoms with Crippen LogP contribution in [0.1, 0.15) is 51.5 Å². The molecule has 5 rings (SSSR count). The summed E-state index contributed by atoms with van der Waals surface area (Å²) in [5.74, 6) is 1.67.